The van der Waals surface area contributed by atoms with E-state index in [1.165, 1.54) is 12.1 Å². The molecule has 1 aliphatic rings. The van der Waals surface area contributed by atoms with Crippen molar-refractivity contribution in [1.29, 1.82) is 0 Å². The molecule has 5 heteroatoms. The highest BCUT2D eigenvalue weighted by Crippen LogP contribution is 2.36. The molecule has 1 unspecified atom stereocenters. The van der Waals surface area contributed by atoms with Crippen LogP contribution in [0.25, 0.3) is 0 Å². The van der Waals surface area contributed by atoms with E-state index in [4.69, 9.17) is 4.74 Å². The Morgan fingerprint density at radius 3 is 2.33 bits per heavy atom. The van der Waals surface area contributed by atoms with Crippen LogP contribution < -0.4 is 4.74 Å². The van der Waals surface area contributed by atoms with E-state index in [1.807, 2.05) is 0 Å². The number of para-hydroxylation sites is 1. The van der Waals surface area contributed by atoms with Gasteiger partial charge in [0.15, 0.2) is 5.78 Å². The minimum absolute atomic E-state index is 0.0678. The van der Waals surface area contributed by atoms with E-state index in [0.29, 0.717) is 16.9 Å². The highest BCUT2D eigenvalue weighted by atomic mass is 19.4. The number of rotatable bonds is 1. The maximum Gasteiger partial charge on any atom is 0.416 e. The molecule has 0 radical (unpaired) electrons. The van der Waals surface area contributed by atoms with Gasteiger partial charge in [0.1, 0.15) is 11.9 Å². The molecule has 0 aliphatic carbocycles. The predicted octanol–water partition coefficient (Wildman–Crippen LogP) is 4.41. The van der Waals surface area contributed by atoms with Gasteiger partial charge in [0, 0.05) is 0 Å². The average Bonchev–Trinajstić information content (AvgIpc) is 2.46. The van der Waals surface area contributed by atoms with E-state index >= 15 is 0 Å². The normalized spacial score (nSPS) is 18.0. The van der Waals surface area contributed by atoms with Crippen LogP contribution in [0.5, 0.6) is 5.75 Å². The Labute approximate surface area is 119 Å². The predicted molar refractivity (Wildman–Crippen MR) is 70.2 cm³/mol. The van der Waals surface area contributed by atoms with Gasteiger partial charge in [-0.15, -0.1) is 0 Å². The molecule has 0 amide bonds. The van der Waals surface area contributed by atoms with Gasteiger partial charge in [0.2, 0.25) is 0 Å². The Balaban J connectivity index is 1.88. The van der Waals surface area contributed by atoms with Crippen LogP contribution in [0.1, 0.15) is 34.0 Å². The van der Waals surface area contributed by atoms with Crippen molar-refractivity contribution < 1.29 is 22.7 Å². The molecule has 21 heavy (non-hydrogen) atoms. The number of hydrogen-bond donors (Lipinski definition) is 0. The van der Waals surface area contributed by atoms with Crippen LogP contribution in [-0.4, -0.2) is 5.78 Å². The lowest BCUT2D eigenvalue weighted by Crippen LogP contribution is -2.20. The fraction of sp³-hybridized carbons (Fsp3) is 0.188. The molecule has 0 saturated heterocycles. The zero-order chi connectivity index (χ0) is 15.0. The summed E-state index contributed by atoms with van der Waals surface area (Å²) in [6.07, 6.45) is -4.79. The van der Waals surface area contributed by atoms with Crippen LogP contribution >= 0.6 is 0 Å². The summed E-state index contributed by atoms with van der Waals surface area (Å²) in [7, 11) is 0. The van der Waals surface area contributed by atoms with Gasteiger partial charge in [-0.2, -0.15) is 13.2 Å². The van der Waals surface area contributed by atoms with Gasteiger partial charge < -0.3 is 4.74 Å². The smallest absolute Gasteiger partial charge is 0.416 e. The van der Waals surface area contributed by atoms with E-state index in [2.05, 4.69) is 0 Å². The Morgan fingerprint density at radius 2 is 1.67 bits per heavy atom. The van der Waals surface area contributed by atoms with Crippen molar-refractivity contribution >= 4 is 5.78 Å². The molecule has 2 nitrogen and oxygen atoms in total. The maximum absolute atomic E-state index is 12.5. The molecule has 2 aromatic carbocycles. The summed E-state index contributed by atoms with van der Waals surface area (Å²) in [5, 5.41) is 0. The van der Waals surface area contributed by atoms with Crippen molar-refractivity contribution in [3.63, 3.8) is 0 Å². The molecule has 0 aromatic heterocycles. The third-order valence-corrected chi connectivity index (χ3v) is 3.44. The molecule has 2 aromatic rings. The van der Waals surface area contributed by atoms with E-state index in [0.717, 1.165) is 12.1 Å². The van der Waals surface area contributed by atoms with Crippen molar-refractivity contribution in [1.82, 2.24) is 0 Å². The second kappa shape index (κ2) is 4.91. The summed E-state index contributed by atoms with van der Waals surface area (Å²) < 4.78 is 43.3. The third kappa shape index (κ3) is 2.63. The minimum Gasteiger partial charge on any atom is -0.484 e. The molecule has 1 heterocycles. The maximum atomic E-state index is 12.5. The van der Waals surface area contributed by atoms with Crippen LogP contribution in [-0.2, 0) is 6.18 Å². The standard InChI is InChI=1S/C16H11F3O2/c17-16(18,19)11-7-5-10(6-8-11)15-9-13(20)12-3-1-2-4-14(12)21-15/h1-8,15H,9H2. The first-order valence-corrected chi connectivity index (χ1v) is 6.41. The fourth-order valence-electron chi connectivity index (χ4n) is 2.35. The van der Waals surface area contributed by atoms with Gasteiger partial charge in [0.05, 0.1) is 17.5 Å². The molecule has 0 saturated carbocycles. The second-order valence-corrected chi connectivity index (χ2v) is 4.85. The number of halogens is 3. The number of ketones is 1. The van der Waals surface area contributed by atoms with Crippen molar-refractivity contribution in [3.8, 4) is 5.75 Å². The molecule has 0 spiro atoms. The molecule has 1 atom stereocenters. The number of alkyl halides is 3. The first-order valence-electron chi connectivity index (χ1n) is 6.41. The molecule has 0 fully saturated rings. The van der Waals surface area contributed by atoms with Crippen molar-refractivity contribution in [2.45, 2.75) is 18.7 Å². The number of carbonyl (C=O) groups excluding carboxylic acids is 1. The summed E-state index contributed by atoms with van der Waals surface area (Å²) in [5.41, 5.74) is 0.361. The zero-order valence-electron chi connectivity index (χ0n) is 10.9. The van der Waals surface area contributed by atoms with Gasteiger partial charge in [-0.1, -0.05) is 24.3 Å². The minimum atomic E-state index is -4.37. The van der Waals surface area contributed by atoms with Gasteiger partial charge in [-0.3, -0.25) is 4.79 Å². The first kappa shape index (κ1) is 13.7. The lowest BCUT2D eigenvalue weighted by molar-refractivity contribution is -0.137. The summed E-state index contributed by atoms with van der Waals surface area (Å²) >= 11 is 0. The quantitative estimate of drug-likeness (QED) is 0.778. The molecule has 3 rings (SSSR count). The van der Waals surface area contributed by atoms with Crippen LogP contribution in [0, 0.1) is 0 Å². The van der Waals surface area contributed by atoms with E-state index in [9.17, 15) is 18.0 Å². The Bertz CT molecular complexity index is 675. The molecular weight excluding hydrogens is 281 g/mol. The first-order chi connectivity index (χ1) is 9.95. The molecule has 0 bridgehead atoms. The van der Waals surface area contributed by atoms with E-state index < -0.39 is 17.8 Å². The molecule has 108 valence electrons. The molecule has 0 N–H and O–H groups in total. The Hall–Kier alpha value is -2.30. The lowest BCUT2D eigenvalue weighted by Gasteiger charge is -2.25. The van der Waals surface area contributed by atoms with Crippen LogP contribution in [0.3, 0.4) is 0 Å². The number of ether oxygens (including phenoxy) is 1. The third-order valence-electron chi connectivity index (χ3n) is 3.44. The SMILES string of the molecule is O=C1CC(c2ccc(C(F)(F)F)cc2)Oc2ccccc21. The Kier molecular flexibility index (Phi) is 3.20. The highest BCUT2D eigenvalue weighted by Gasteiger charge is 2.31. The van der Waals surface area contributed by atoms with Crippen LogP contribution in [0.15, 0.2) is 48.5 Å². The molecule has 1 aliphatic heterocycles. The number of hydrogen-bond acceptors (Lipinski definition) is 2. The summed E-state index contributed by atoms with van der Waals surface area (Å²) in [6, 6.07) is 11.6. The molecular formula is C16H11F3O2. The average molecular weight is 292 g/mol. The number of carbonyl (C=O) groups is 1. The van der Waals surface area contributed by atoms with Gasteiger partial charge in [0.25, 0.3) is 0 Å². The van der Waals surface area contributed by atoms with Gasteiger partial charge in [-0.25, -0.2) is 0 Å². The van der Waals surface area contributed by atoms with Crippen LogP contribution in [0.4, 0.5) is 13.2 Å². The van der Waals surface area contributed by atoms with Gasteiger partial charge >= 0.3 is 6.18 Å². The van der Waals surface area contributed by atoms with Gasteiger partial charge in [-0.05, 0) is 29.8 Å². The summed E-state index contributed by atoms with van der Waals surface area (Å²) in [5.74, 6) is 0.403. The Morgan fingerprint density at radius 1 is 1.00 bits per heavy atom. The van der Waals surface area contributed by atoms with E-state index in [1.54, 1.807) is 24.3 Å². The number of benzene rings is 2. The van der Waals surface area contributed by atoms with Crippen LogP contribution in [0.2, 0.25) is 0 Å². The van der Waals surface area contributed by atoms with Crippen molar-refractivity contribution in [2.75, 3.05) is 0 Å². The van der Waals surface area contributed by atoms with Crippen molar-refractivity contribution in [3.05, 3.63) is 65.2 Å². The second-order valence-electron chi connectivity index (χ2n) is 4.85. The zero-order valence-corrected chi connectivity index (χ0v) is 10.9. The summed E-state index contributed by atoms with van der Waals surface area (Å²) in [6.45, 7) is 0. The van der Waals surface area contributed by atoms with E-state index in [-0.39, 0.29) is 12.2 Å². The number of Topliss-reactive ketones (excluding diaryl/α,β-unsaturated/α-hetero) is 1. The fourth-order valence-corrected chi connectivity index (χ4v) is 2.35. The highest BCUT2D eigenvalue weighted by molar-refractivity contribution is 5.99. The number of fused-ring (bicyclic) bond motifs is 1. The topological polar surface area (TPSA) is 26.3 Å². The monoisotopic (exact) mass is 292 g/mol. The summed E-state index contributed by atoms with van der Waals surface area (Å²) in [4.78, 5) is 12.0. The van der Waals surface area contributed by atoms with Crippen molar-refractivity contribution in [2.24, 2.45) is 0 Å². The lowest BCUT2D eigenvalue weighted by atomic mass is 9.96. The largest absolute Gasteiger partial charge is 0.484 e.